The largest absolute Gasteiger partial charge is 0.393 e. The first kappa shape index (κ1) is 11.4. The molecule has 2 nitrogen and oxygen atoms in total. The highest BCUT2D eigenvalue weighted by molar-refractivity contribution is 4.82. The number of hydrogen-bond donors (Lipinski definition) is 1. The zero-order valence-corrected chi connectivity index (χ0v) is 9.99. The fourth-order valence-electron chi connectivity index (χ4n) is 3.11. The van der Waals surface area contributed by atoms with Gasteiger partial charge in [0.1, 0.15) is 0 Å². The molecule has 0 amide bonds. The molecule has 1 aliphatic heterocycles. The molecule has 88 valence electrons. The van der Waals surface area contributed by atoms with E-state index in [4.69, 9.17) is 0 Å². The van der Waals surface area contributed by atoms with Gasteiger partial charge < -0.3 is 10.0 Å². The predicted octanol–water partition coefficient (Wildman–Crippen LogP) is 2.27. The van der Waals surface area contributed by atoms with Gasteiger partial charge in [0, 0.05) is 19.6 Å². The molecule has 1 saturated carbocycles. The minimum Gasteiger partial charge on any atom is -0.393 e. The summed E-state index contributed by atoms with van der Waals surface area (Å²) in [6.45, 7) is 6.26. The molecule has 0 aromatic carbocycles. The summed E-state index contributed by atoms with van der Waals surface area (Å²) in [5.74, 6) is 1.86. The lowest BCUT2D eigenvalue weighted by atomic mass is 9.85. The van der Waals surface area contributed by atoms with Crippen LogP contribution in [0.25, 0.3) is 0 Å². The average Bonchev–Trinajstić information content (AvgIpc) is 2.18. The molecule has 0 atom stereocenters. The molecule has 1 heterocycles. The van der Waals surface area contributed by atoms with Gasteiger partial charge in [-0.25, -0.2) is 0 Å². The Morgan fingerprint density at radius 3 is 2.33 bits per heavy atom. The van der Waals surface area contributed by atoms with E-state index >= 15 is 0 Å². The van der Waals surface area contributed by atoms with Crippen LogP contribution in [-0.4, -0.2) is 35.7 Å². The van der Waals surface area contributed by atoms with Gasteiger partial charge in [0.2, 0.25) is 0 Å². The molecular formula is C13H25NO. The monoisotopic (exact) mass is 211 g/mol. The molecule has 0 aromatic heterocycles. The Morgan fingerprint density at radius 2 is 1.73 bits per heavy atom. The van der Waals surface area contributed by atoms with Crippen molar-refractivity contribution < 1.29 is 5.11 Å². The van der Waals surface area contributed by atoms with Gasteiger partial charge >= 0.3 is 0 Å². The number of hydrogen-bond acceptors (Lipinski definition) is 2. The summed E-state index contributed by atoms with van der Waals surface area (Å²) in [5, 5.41) is 9.43. The lowest BCUT2D eigenvalue weighted by Gasteiger charge is -2.42. The molecule has 0 radical (unpaired) electrons. The van der Waals surface area contributed by atoms with E-state index in [-0.39, 0.29) is 6.10 Å². The van der Waals surface area contributed by atoms with Crippen LogP contribution in [0, 0.1) is 11.8 Å². The maximum Gasteiger partial charge on any atom is 0.0540 e. The molecule has 0 aromatic rings. The summed E-state index contributed by atoms with van der Waals surface area (Å²) in [6, 6.07) is 0. The van der Waals surface area contributed by atoms with Crippen LogP contribution < -0.4 is 0 Å². The van der Waals surface area contributed by atoms with E-state index in [1.807, 2.05) is 0 Å². The van der Waals surface area contributed by atoms with Crippen molar-refractivity contribution in [2.45, 2.75) is 51.6 Å². The van der Waals surface area contributed by atoms with Crippen molar-refractivity contribution in [3.05, 3.63) is 0 Å². The van der Waals surface area contributed by atoms with Crippen molar-refractivity contribution in [3.8, 4) is 0 Å². The van der Waals surface area contributed by atoms with Gasteiger partial charge in [-0.3, -0.25) is 0 Å². The lowest BCUT2D eigenvalue weighted by molar-refractivity contribution is 0.0478. The van der Waals surface area contributed by atoms with Crippen LogP contribution >= 0.6 is 0 Å². The minimum absolute atomic E-state index is 0.00507. The van der Waals surface area contributed by atoms with E-state index in [0.717, 1.165) is 24.7 Å². The maximum atomic E-state index is 9.43. The Balaban J connectivity index is 1.59. The van der Waals surface area contributed by atoms with Gasteiger partial charge in [-0.15, -0.1) is 0 Å². The first-order valence-corrected chi connectivity index (χ1v) is 6.68. The molecule has 1 aliphatic carbocycles. The molecular weight excluding hydrogens is 186 g/mol. The Labute approximate surface area is 93.7 Å². The first-order valence-electron chi connectivity index (χ1n) is 6.68. The third kappa shape index (κ3) is 3.18. The summed E-state index contributed by atoms with van der Waals surface area (Å²) in [4.78, 5) is 2.61. The summed E-state index contributed by atoms with van der Waals surface area (Å²) >= 11 is 0. The van der Waals surface area contributed by atoms with Gasteiger partial charge in [0.05, 0.1) is 6.10 Å². The van der Waals surface area contributed by atoms with Crippen LogP contribution in [-0.2, 0) is 0 Å². The third-order valence-corrected chi connectivity index (χ3v) is 4.06. The third-order valence-electron chi connectivity index (χ3n) is 4.06. The van der Waals surface area contributed by atoms with Crippen LogP contribution in [0.1, 0.15) is 45.4 Å². The van der Waals surface area contributed by atoms with Crippen molar-refractivity contribution in [1.29, 1.82) is 0 Å². The molecule has 1 saturated heterocycles. The Kier molecular flexibility index (Phi) is 4.04. The Bertz CT molecular complexity index is 181. The number of aliphatic hydroxyl groups excluding tert-OH is 1. The van der Waals surface area contributed by atoms with Crippen LogP contribution in [0.15, 0.2) is 0 Å². The lowest BCUT2D eigenvalue weighted by Crippen LogP contribution is -2.48. The SMILES string of the molecule is CCCC1CN(CC2CCC(O)CC2)C1. The molecule has 2 rings (SSSR count). The normalized spacial score (nSPS) is 34.0. The zero-order chi connectivity index (χ0) is 10.7. The summed E-state index contributed by atoms with van der Waals surface area (Å²) in [6.07, 6.45) is 7.33. The van der Waals surface area contributed by atoms with Crippen LogP contribution in [0.5, 0.6) is 0 Å². The smallest absolute Gasteiger partial charge is 0.0540 e. The van der Waals surface area contributed by atoms with Crippen LogP contribution in [0.3, 0.4) is 0 Å². The Morgan fingerprint density at radius 1 is 1.07 bits per heavy atom. The minimum atomic E-state index is 0.00507. The molecule has 2 heteroatoms. The molecule has 0 spiro atoms. The highest BCUT2D eigenvalue weighted by Gasteiger charge is 2.29. The van der Waals surface area contributed by atoms with Gasteiger partial charge in [0.15, 0.2) is 0 Å². The second-order valence-electron chi connectivity index (χ2n) is 5.55. The Hall–Kier alpha value is -0.0800. The highest BCUT2D eigenvalue weighted by Crippen LogP contribution is 2.28. The van der Waals surface area contributed by atoms with Crippen molar-refractivity contribution in [2.75, 3.05) is 19.6 Å². The molecule has 15 heavy (non-hydrogen) atoms. The molecule has 2 fully saturated rings. The highest BCUT2D eigenvalue weighted by atomic mass is 16.3. The second-order valence-corrected chi connectivity index (χ2v) is 5.55. The standard InChI is InChI=1S/C13H25NO/c1-2-3-12-9-14(10-12)8-11-4-6-13(15)7-5-11/h11-13,15H,2-10H2,1H3. The summed E-state index contributed by atoms with van der Waals surface area (Å²) in [7, 11) is 0. The number of likely N-dealkylation sites (tertiary alicyclic amines) is 1. The van der Waals surface area contributed by atoms with Gasteiger partial charge in [-0.2, -0.15) is 0 Å². The van der Waals surface area contributed by atoms with Gasteiger partial charge in [-0.05, 0) is 43.9 Å². The van der Waals surface area contributed by atoms with E-state index in [9.17, 15) is 5.11 Å². The average molecular weight is 211 g/mol. The van der Waals surface area contributed by atoms with E-state index in [0.29, 0.717) is 0 Å². The van der Waals surface area contributed by atoms with E-state index in [1.165, 1.54) is 45.3 Å². The van der Waals surface area contributed by atoms with Crippen LogP contribution in [0.2, 0.25) is 0 Å². The van der Waals surface area contributed by atoms with Crippen molar-refractivity contribution in [3.63, 3.8) is 0 Å². The van der Waals surface area contributed by atoms with Crippen molar-refractivity contribution in [1.82, 2.24) is 4.90 Å². The van der Waals surface area contributed by atoms with E-state index in [1.54, 1.807) is 0 Å². The van der Waals surface area contributed by atoms with Crippen molar-refractivity contribution >= 4 is 0 Å². The maximum absolute atomic E-state index is 9.43. The van der Waals surface area contributed by atoms with E-state index in [2.05, 4.69) is 11.8 Å². The molecule has 1 N–H and O–H groups in total. The fourth-order valence-corrected chi connectivity index (χ4v) is 3.11. The molecule has 0 unspecified atom stereocenters. The summed E-state index contributed by atoms with van der Waals surface area (Å²) < 4.78 is 0. The van der Waals surface area contributed by atoms with Crippen molar-refractivity contribution in [2.24, 2.45) is 11.8 Å². The molecule has 2 aliphatic rings. The fraction of sp³-hybridized carbons (Fsp3) is 1.00. The quantitative estimate of drug-likeness (QED) is 0.771. The number of rotatable bonds is 4. The van der Waals surface area contributed by atoms with E-state index < -0.39 is 0 Å². The number of nitrogens with zero attached hydrogens (tertiary/aromatic N) is 1. The van der Waals surface area contributed by atoms with Gasteiger partial charge in [-0.1, -0.05) is 13.3 Å². The van der Waals surface area contributed by atoms with Crippen LogP contribution in [0.4, 0.5) is 0 Å². The molecule has 0 bridgehead atoms. The zero-order valence-electron chi connectivity index (χ0n) is 9.99. The topological polar surface area (TPSA) is 23.5 Å². The number of aliphatic hydroxyl groups is 1. The van der Waals surface area contributed by atoms with Gasteiger partial charge in [0.25, 0.3) is 0 Å². The predicted molar refractivity (Wildman–Crippen MR) is 62.8 cm³/mol. The first-order chi connectivity index (χ1) is 7.28. The second kappa shape index (κ2) is 5.31. The summed E-state index contributed by atoms with van der Waals surface area (Å²) in [5.41, 5.74) is 0.